The third kappa shape index (κ3) is 3.69. The van der Waals surface area contributed by atoms with E-state index in [9.17, 15) is 4.79 Å². The van der Waals surface area contributed by atoms with Crippen LogP contribution in [0.2, 0.25) is 0 Å². The van der Waals surface area contributed by atoms with Gasteiger partial charge >= 0.3 is 0 Å². The number of aliphatic imine (C=N–C) groups is 1. The number of hydrogen-bond acceptors (Lipinski definition) is 3. The molecule has 104 valence electrons. The Balaban J connectivity index is 1.94. The molecule has 0 aromatic carbocycles. The molecule has 1 heterocycles. The van der Waals surface area contributed by atoms with Crippen molar-refractivity contribution in [2.45, 2.75) is 57.9 Å². The number of nitrogens with one attached hydrogen (secondary N) is 1. The van der Waals surface area contributed by atoms with Crippen LogP contribution in [0.15, 0.2) is 28.4 Å². The predicted octanol–water partition coefficient (Wildman–Crippen LogP) is 2.42. The summed E-state index contributed by atoms with van der Waals surface area (Å²) in [4.78, 5) is 16.3. The van der Waals surface area contributed by atoms with E-state index < -0.39 is 0 Å². The number of carbonyl (C=O) groups excluding carboxylic acids is 1. The molecule has 2 aliphatic rings. The molecule has 1 aliphatic heterocycles. The number of amides is 1. The summed E-state index contributed by atoms with van der Waals surface area (Å²) in [6.07, 6.45) is 12.1. The minimum absolute atomic E-state index is 0.0922. The first kappa shape index (κ1) is 13.8. The highest BCUT2D eigenvalue weighted by atomic mass is 16.2. The zero-order valence-corrected chi connectivity index (χ0v) is 11.6. The molecular weight excluding hydrogens is 238 g/mol. The molecule has 3 N–H and O–H groups in total. The molecule has 0 aromatic rings. The van der Waals surface area contributed by atoms with E-state index in [0.717, 1.165) is 18.4 Å². The molecule has 0 aromatic heterocycles. The average Bonchev–Trinajstić information content (AvgIpc) is 2.74. The second-order valence-electron chi connectivity index (χ2n) is 5.29. The summed E-state index contributed by atoms with van der Waals surface area (Å²) in [5.41, 5.74) is 7.02. The summed E-state index contributed by atoms with van der Waals surface area (Å²) in [5.74, 6) is 0.343. The Hall–Kier alpha value is -1.58. The maximum atomic E-state index is 12.1. The lowest BCUT2D eigenvalue weighted by Crippen LogP contribution is -2.35. The molecule has 0 atom stereocenters. The van der Waals surface area contributed by atoms with Crippen LogP contribution in [0.1, 0.15) is 51.9 Å². The van der Waals surface area contributed by atoms with Gasteiger partial charge in [-0.1, -0.05) is 38.2 Å². The lowest BCUT2D eigenvalue weighted by Gasteiger charge is -2.20. The minimum Gasteiger partial charge on any atom is -0.383 e. The largest absolute Gasteiger partial charge is 0.383 e. The van der Waals surface area contributed by atoms with Crippen molar-refractivity contribution in [3.05, 3.63) is 23.4 Å². The van der Waals surface area contributed by atoms with Gasteiger partial charge in [-0.3, -0.25) is 4.79 Å². The van der Waals surface area contributed by atoms with Crippen LogP contribution in [0.25, 0.3) is 0 Å². The Morgan fingerprint density at radius 1 is 1.32 bits per heavy atom. The van der Waals surface area contributed by atoms with E-state index in [1.807, 2.05) is 13.0 Å². The Morgan fingerprint density at radius 2 is 1.95 bits per heavy atom. The first-order chi connectivity index (χ1) is 9.20. The molecule has 19 heavy (non-hydrogen) atoms. The Bertz CT molecular complexity index is 427. The van der Waals surface area contributed by atoms with Crippen molar-refractivity contribution >= 4 is 11.7 Å². The zero-order valence-electron chi connectivity index (χ0n) is 11.6. The van der Waals surface area contributed by atoms with Crippen LogP contribution in [0, 0.1) is 0 Å². The summed E-state index contributed by atoms with van der Waals surface area (Å²) in [7, 11) is 0. The van der Waals surface area contributed by atoms with Crippen molar-refractivity contribution in [1.29, 1.82) is 0 Å². The second kappa shape index (κ2) is 6.55. The molecule has 1 saturated carbocycles. The summed E-state index contributed by atoms with van der Waals surface area (Å²) in [6, 6.07) is 0.291. The average molecular weight is 261 g/mol. The number of carbonyl (C=O) groups is 1. The van der Waals surface area contributed by atoms with Crippen LogP contribution in [0.4, 0.5) is 0 Å². The molecule has 4 heteroatoms. The highest BCUT2D eigenvalue weighted by Gasteiger charge is 2.20. The van der Waals surface area contributed by atoms with Crippen LogP contribution in [0.3, 0.4) is 0 Å². The molecule has 4 nitrogen and oxygen atoms in total. The van der Waals surface area contributed by atoms with Gasteiger partial charge in [0.05, 0.1) is 0 Å². The normalized spacial score (nSPS) is 23.5. The molecule has 1 amide bonds. The van der Waals surface area contributed by atoms with E-state index in [-0.39, 0.29) is 5.91 Å². The highest BCUT2D eigenvalue weighted by Crippen LogP contribution is 2.19. The summed E-state index contributed by atoms with van der Waals surface area (Å²) in [6.45, 7) is 1.89. The van der Waals surface area contributed by atoms with E-state index in [0.29, 0.717) is 17.6 Å². The summed E-state index contributed by atoms with van der Waals surface area (Å²) < 4.78 is 0. The maximum absolute atomic E-state index is 12.1. The lowest BCUT2D eigenvalue weighted by molar-refractivity contribution is -0.118. The molecule has 0 saturated heterocycles. The van der Waals surface area contributed by atoms with Gasteiger partial charge in [-0.2, -0.15) is 0 Å². The number of rotatable bonds is 2. The van der Waals surface area contributed by atoms with E-state index in [4.69, 9.17) is 5.73 Å². The van der Waals surface area contributed by atoms with E-state index in [2.05, 4.69) is 10.3 Å². The highest BCUT2D eigenvalue weighted by molar-refractivity contribution is 6.09. The molecule has 0 radical (unpaired) electrons. The van der Waals surface area contributed by atoms with Crippen LogP contribution in [-0.2, 0) is 4.79 Å². The Morgan fingerprint density at radius 3 is 2.53 bits per heavy atom. The van der Waals surface area contributed by atoms with Gasteiger partial charge in [-0.15, -0.1) is 0 Å². The van der Waals surface area contributed by atoms with Gasteiger partial charge < -0.3 is 11.1 Å². The van der Waals surface area contributed by atoms with E-state index >= 15 is 0 Å². The van der Waals surface area contributed by atoms with Crippen molar-refractivity contribution in [2.24, 2.45) is 10.7 Å². The predicted molar refractivity (Wildman–Crippen MR) is 77.7 cm³/mol. The van der Waals surface area contributed by atoms with Crippen molar-refractivity contribution in [3.63, 3.8) is 0 Å². The molecule has 1 aliphatic carbocycles. The summed E-state index contributed by atoms with van der Waals surface area (Å²) in [5, 5.41) is 3.10. The fraction of sp³-hybridized carbons (Fsp3) is 0.600. The number of amidine groups is 1. The molecular formula is C15H23N3O. The third-order valence-corrected chi connectivity index (χ3v) is 3.81. The smallest absolute Gasteiger partial charge is 0.270 e. The fourth-order valence-electron chi connectivity index (χ4n) is 2.66. The molecule has 1 fully saturated rings. The third-order valence-electron chi connectivity index (χ3n) is 3.81. The van der Waals surface area contributed by atoms with Crippen LogP contribution in [-0.4, -0.2) is 17.8 Å². The quantitative estimate of drug-likeness (QED) is 0.801. The number of hydrogen-bond donors (Lipinski definition) is 2. The molecule has 0 spiro atoms. The second-order valence-corrected chi connectivity index (χ2v) is 5.29. The van der Waals surface area contributed by atoms with Gasteiger partial charge in [-0.05, 0) is 25.8 Å². The molecule has 0 bridgehead atoms. The van der Waals surface area contributed by atoms with Crippen molar-refractivity contribution in [2.75, 3.05) is 0 Å². The van der Waals surface area contributed by atoms with Gasteiger partial charge in [-0.25, -0.2) is 4.99 Å². The number of allylic oxidation sites excluding steroid dienone is 1. The van der Waals surface area contributed by atoms with Gasteiger partial charge in [0.2, 0.25) is 0 Å². The van der Waals surface area contributed by atoms with Gasteiger partial charge in [0, 0.05) is 11.6 Å². The van der Waals surface area contributed by atoms with Gasteiger partial charge in [0.25, 0.3) is 5.91 Å². The monoisotopic (exact) mass is 261 g/mol. The topological polar surface area (TPSA) is 67.5 Å². The van der Waals surface area contributed by atoms with Crippen LogP contribution < -0.4 is 11.1 Å². The Labute approximate surface area is 114 Å². The lowest BCUT2D eigenvalue weighted by atomic mass is 9.96. The van der Waals surface area contributed by atoms with E-state index in [1.54, 1.807) is 6.08 Å². The standard InChI is InChI=1S/C15H23N3O/c1-2-11-10-13(18-14(11)16)15(19)17-12-8-6-4-3-5-7-9-12/h2,10,12H,3-9H2,1H3,(H2,16,18)(H,17,19)/b11-2+. The fourth-order valence-corrected chi connectivity index (χ4v) is 2.66. The minimum atomic E-state index is -0.0922. The van der Waals surface area contributed by atoms with Crippen molar-refractivity contribution in [3.8, 4) is 0 Å². The molecule has 2 rings (SSSR count). The van der Waals surface area contributed by atoms with Crippen LogP contribution in [0.5, 0.6) is 0 Å². The van der Waals surface area contributed by atoms with Gasteiger partial charge in [0.1, 0.15) is 11.5 Å². The van der Waals surface area contributed by atoms with Crippen molar-refractivity contribution in [1.82, 2.24) is 5.32 Å². The van der Waals surface area contributed by atoms with E-state index in [1.165, 1.54) is 32.1 Å². The van der Waals surface area contributed by atoms with Gasteiger partial charge in [0.15, 0.2) is 0 Å². The summed E-state index contributed by atoms with van der Waals surface area (Å²) >= 11 is 0. The zero-order chi connectivity index (χ0) is 13.7. The first-order valence-electron chi connectivity index (χ1n) is 7.24. The van der Waals surface area contributed by atoms with Crippen LogP contribution >= 0.6 is 0 Å². The number of nitrogens with two attached hydrogens (primary N) is 1. The molecule has 0 unspecified atom stereocenters. The Kier molecular flexibility index (Phi) is 4.77. The van der Waals surface area contributed by atoms with Crippen molar-refractivity contribution < 1.29 is 4.79 Å². The first-order valence-corrected chi connectivity index (χ1v) is 7.24. The maximum Gasteiger partial charge on any atom is 0.270 e. The number of nitrogens with zero attached hydrogens (tertiary/aromatic N) is 1. The SMILES string of the molecule is C/C=C1\C=C(C(=O)NC2CCCCCCC2)N=C1N.